The van der Waals surface area contributed by atoms with Gasteiger partial charge in [-0.2, -0.15) is 0 Å². The van der Waals surface area contributed by atoms with Crippen LogP contribution in [0.4, 0.5) is 0 Å². The quantitative estimate of drug-likeness (QED) is 0.0204. The summed E-state index contributed by atoms with van der Waals surface area (Å²) in [6, 6.07) is -0.936. The normalized spacial score (nSPS) is 24.9. The van der Waals surface area contributed by atoms with E-state index in [4.69, 9.17) is 18.9 Å². The molecule has 2 heterocycles. The summed E-state index contributed by atoms with van der Waals surface area (Å²) in [5.41, 5.74) is 0. The van der Waals surface area contributed by atoms with Crippen molar-refractivity contribution in [3.05, 3.63) is 36.5 Å². The number of hydrogen-bond donors (Lipinski definition) is 9. The van der Waals surface area contributed by atoms with Crippen molar-refractivity contribution in [3.63, 3.8) is 0 Å². The van der Waals surface area contributed by atoms with Crippen molar-refractivity contribution in [1.29, 1.82) is 0 Å². The lowest BCUT2D eigenvalue weighted by Crippen LogP contribution is -2.65. The maximum absolute atomic E-state index is 13.3. The molecule has 2 aliphatic rings. The van der Waals surface area contributed by atoms with E-state index in [-0.39, 0.29) is 18.9 Å². The molecule has 0 bridgehead atoms. The number of nitrogens with one attached hydrogen (secondary N) is 1. The third kappa shape index (κ3) is 34.3. The number of allylic oxidation sites excluding steroid dienone is 5. The number of hydrogen-bond acceptors (Lipinski definition) is 13. The van der Waals surface area contributed by atoms with Gasteiger partial charge in [-0.15, -0.1) is 0 Å². The van der Waals surface area contributed by atoms with E-state index in [1.54, 1.807) is 6.08 Å². The van der Waals surface area contributed by atoms with E-state index < -0.39 is 86.8 Å². The molecule has 2 aliphatic heterocycles. The minimum Gasteiger partial charge on any atom is -0.394 e. The monoisotopic (exact) mass is 1100 g/mol. The minimum atomic E-state index is -1.79. The number of unbranched alkanes of at least 4 members (excludes halogenated alkanes) is 34. The topological polar surface area (TPSA) is 228 Å². The van der Waals surface area contributed by atoms with Crippen LogP contribution in [-0.2, 0) is 23.7 Å². The second-order valence-electron chi connectivity index (χ2n) is 22.5. The molecule has 77 heavy (non-hydrogen) atoms. The van der Waals surface area contributed by atoms with E-state index in [1.165, 1.54) is 186 Å². The number of ether oxygens (including phenoxy) is 4. The molecule has 14 nitrogen and oxygen atoms in total. The summed E-state index contributed by atoms with van der Waals surface area (Å²) >= 11 is 0. The molecule has 2 rings (SSSR count). The first-order chi connectivity index (χ1) is 37.6. The summed E-state index contributed by atoms with van der Waals surface area (Å²) in [5, 5.41) is 87.2. The lowest BCUT2D eigenvalue weighted by Gasteiger charge is -2.46. The SMILES string of the molecule is CCCCCCCCCCCC/C=C/CC/C=C/CC/C=C/C(O)C(COC1OC(CO)C(OC2OC(CO)C(O)C(O)C2O)C(O)C1O)NC(=O)CCCCCCCCCCCCCCCCCCCCCCCCC. The van der Waals surface area contributed by atoms with Gasteiger partial charge in [-0.25, -0.2) is 0 Å². The van der Waals surface area contributed by atoms with Crippen LogP contribution < -0.4 is 5.32 Å². The third-order valence-electron chi connectivity index (χ3n) is 15.6. The van der Waals surface area contributed by atoms with Crippen LogP contribution in [0.2, 0.25) is 0 Å². The zero-order chi connectivity index (χ0) is 56.0. The van der Waals surface area contributed by atoms with Crippen molar-refractivity contribution in [2.45, 2.75) is 338 Å². The fraction of sp³-hybridized carbons (Fsp3) is 0.889. The molecule has 452 valence electrons. The Bertz CT molecular complexity index is 1430. The van der Waals surface area contributed by atoms with Crippen LogP contribution in [0.5, 0.6) is 0 Å². The van der Waals surface area contributed by atoms with Crippen molar-refractivity contribution < 1.29 is 64.6 Å². The number of carbonyl (C=O) groups excluding carboxylic acids is 1. The Labute approximate surface area is 468 Å². The molecule has 2 fully saturated rings. The zero-order valence-electron chi connectivity index (χ0n) is 48.7. The molecule has 9 N–H and O–H groups in total. The van der Waals surface area contributed by atoms with Crippen LogP contribution in [0.25, 0.3) is 0 Å². The van der Waals surface area contributed by atoms with Gasteiger partial charge in [0.05, 0.1) is 32.0 Å². The molecule has 0 aliphatic carbocycles. The van der Waals surface area contributed by atoms with Gasteiger partial charge in [0, 0.05) is 6.42 Å². The fourth-order valence-electron chi connectivity index (χ4n) is 10.4. The van der Waals surface area contributed by atoms with Crippen molar-refractivity contribution in [2.75, 3.05) is 19.8 Å². The number of amides is 1. The Morgan fingerprint density at radius 3 is 1.27 bits per heavy atom. The van der Waals surface area contributed by atoms with Gasteiger partial charge in [0.25, 0.3) is 0 Å². The van der Waals surface area contributed by atoms with E-state index in [2.05, 4.69) is 43.5 Å². The average molecular weight is 1100 g/mol. The number of carbonyl (C=O) groups is 1. The minimum absolute atomic E-state index is 0.249. The molecular formula is C63H117NO13. The highest BCUT2D eigenvalue weighted by Gasteiger charge is 2.51. The molecule has 0 spiro atoms. The number of aliphatic hydroxyl groups is 8. The van der Waals surface area contributed by atoms with Crippen molar-refractivity contribution in [3.8, 4) is 0 Å². The van der Waals surface area contributed by atoms with Gasteiger partial charge in [-0.3, -0.25) is 4.79 Å². The Morgan fingerprint density at radius 2 is 0.831 bits per heavy atom. The van der Waals surface area contributed by atoms with Crippen LogP contribution >= 0.6 is 0 Å². The smallest absolute Gasteiger partial charge is 0.220 e. The van der Waals surface area contributed by atoms with E-state index in [0.29, 0.717) is 12.8 Å². The highest BCUT2D eigenvalue weighted by atomic mass is 16.7. The summed E-state index contributed by atoms with van der Waals surface area (Å²) < 4.78 is 22.8. The predicted octanol–water partition coefficient (Wildman–Crippen LogP) is 11.4. The summed E-state index contributed by atoms with van der Waals surface area (Å²) in [5.74, 6) is -0.249. The first-order valence-corrected chi connectivity index (χ1v) is 31.7. The first kappa shape index (κ1) is 71.3. The van der Waals surface area contributed by atoms with Crippen LogP contribution in [0.15, 0.2) is 36.5 Å². The largest absolute Gasteiger partial charge is 0.394 e. The number of rotatable bonds is 51. The molecule has 14 heteroatoms. The standard InChI is InChI=1S/C63H117NO13/c1-3-5-7-9-11-13-15-17-19-21-23-25-26-27-29-31-33-35-37-39-41-43-45-47-55(68)64-51(52(67)46-44-42-40-38-36-34-32-30-28-24-22-20-18-16-14-12-10-8-6-4-2)50-74-62-60(73)58(71)61(54(49-66)76-62)77-63-59(72)57(70)56(69)53(48-65)75-63/h28,30,36,38,44,46,51-54,56-63,65-67,69-73H,3-27,29,31-35,37,39-43,45,47-50H2,1-2H3,(H,64,68)/b30-28+,38-36+,46-44+. The van der Waals surface area contributed by atoms with Crippen LogP contribution in [0.3, 0.4) is 0 Å². The second kappa shape index (κ2) is 48.9. The van der Waals surface area contributed by atoms with Crippen molar-refractivity contribution in [2.24, 2.45) is 0 Å². The van der Waals surface area contributed by atoms with E-state index >= 15 is 0 Å². The van der Waals surface area contributed by atoms with E-state index in [1.807, 2.05) is 6.08 Å². The van der Waals surface area contributed by atoms with Crippen LogP contribution in [0.1, 0.15) is 264 Å². The molecule has 0 saturated carbocycles. The fourth-order valence-corrected chi connectivity index (χ4v) is 10.4. The lowest BCUT2D eigenvalue weighted by molar-refractivity contribution is -0.359. The Balaban J connectivity index is 1.76. The van der Waals surface area contributed by atoms with Crippen molar-refractivity contribution >= 4 is 5.91 Å². The molecule has 12 atom stereocenters. The van der Waals surface area contributed by atoms with Gasteiger partial charge < -0.3 is 65.1 Å². The summed E-state index contributed by atoms with van der Waals surface area (Å²) in [4.78, 5) is 13.3. The summed E-state index contributed by atoms with van der Waals surface area (Å²) in [6.07, 6.45) is 43.3. The van der Waals surface area contributed by atoms with E-state index in [0.717, 1.165) is 44.9 Å². The van der Waals surface area contributed by atoms with Crippen molar-refractivity contribution in [1.82, 2.24) is 5.32 Å². The Morgan fingerprint density at radius 1 is 0.455 bits per heavy atom. The Hall–Kier alpha value is -1.79. The summed E-state index contributed by atoms with van der Waals surface area (Å²) in [6.45, 7) is 2.80. The van der Waals surface area contributed by atoms with Gasteiger partial charge >= 0.3 is 0 Å². The second-order valence-corrected chi connectivity index (χ2v) is 22.5. The molecule has 12 unspecified atom stereocenters. The van der Waals surface area contributed by atoms with Crippen LogP contribution in [0, 0.1) is 0 Å². The first-order valence-electron chi connectivity index (χ1n) is 31.7. The molecule has 1 amide bonds. The molecule has 0 aromatic rings. The highest BCUT2D eigenvalue weighted by Crippen LogP contribution is 2.30. The Kier molecular flexibility index (Phi) is 45.3. The molecule has 0 radical (unpaired) electrons. The van der Waals surface area contributed by atoms with Crippen LogP contribution in [-0.4, -0.2) is 140 Å². The van der Waals surface area contributed by atoms with Gasteiger partial charge in [0.15, 0.2) is 12.6 Å². The molecular weight excluding hydrogens is 979 g/mol. The van der Waals surface area contributed by atoms with Gasteiger partial charge in [0.2, 0.25) is 5.91 Å². The van der Waals surface area contributed by atoms with Gasteiger partial charge in [-0.05, 0) is 44.9 Å². The molecule has 0 aromatic heterocycles. The third-order valence-corrected chi connectivity index (χ3v) is 15.6. The zero-order valence-corrected chi connectivity index (χ0v) is 48.7. The van der Waals surface area contributed by atoms with Gasteiger partial charge in [-0.1, -0.05) is 249 Å². The average Bonchev–Trinajstić information content (AvgIpc) is 3.44. The summed E-state index contributed by atoms with van der Waals surface area (Å²) in [7, 11) is 0. The molecule has 2 saturated heterocycles. The maximum Gasteiger partial charge on any atom is 0.220 e. The van der Waals surface area contributed by atoms with Gasteiger partial charge in [0.1, 0.15) is 48.8 Å². The maximum atomic E-state index is 13.3. The lowest BCUT2D eigenvalue weighted by atomic mass is 9.97. The highest BCUT2D eigenvalue weighted by molar-refractivity contribution is 5.76. The molecule has 0 aromatic carbocycles. The predicted molar refractivity (Wildman–Crippen MR) is 309 cm³/mol. The number of aliphatic hydroxyl groups excluding tert-OH is 8. The van der Waals surface area contributed by atoms with E-state index in [9.17, 15) is 45.6 Å².